The van der Waals surface area contributed by atoms with Gasteiger partial charge in [0.1, 0.15) is 11.9 Å². The van der Waals surface area contributed by atoms with E-state index in [0.29, 0.717) is 30.3 Å². The molecule has 1 aliphatic carbocycles. The highest BCUT2D eigenvalue weighted by Gasteiger charge is 2.27. The summed E-state index contributed by atoms with van der Waals surface area (Å²) in [6, 6.07) is 9.78. The maximum Gasteiger partial charge on any atom is 0.257 e. The van der Waals surface area contributed by atoms with Gasteiger partial charge in [-0.15, -0.1) is 0 Å². The quantitative estimate of drug-likeness (QED) is 0.701. The van der Waals surface area contributed by atoms with Gasteiger partial charge in [0.25, 0.3) is 11.5 Å². The Morgan fingerprint density at radius 3 is 2.71 bits per heavy atom. The molecule has 8 nitrogen and oxygen atoms in total. The molecule has 1 saturated heterocycles. The van der Waals surface area contributed by atoms with Gasteiger partial charge in [-0.2, -0.15) is 5.10 Å². The molecule has 0 saturated carbocycles. The molecule has 1 N–H and O–H groups in total. The highest BCUT2D eigenvalue weighted by molar-refractivity contribution is 5.95. The lowest BCUT2D eigenvalue weighted by atomic mass is 10.1. The van der Waals surface area contributed by atoms with Crippen molar-refractivity contribution in [2.24, 2.45) is 0 Å². The van der Waals surface area contributed by atoms with Crippen molar-refractivity contribution in [1.29, 1.82) is 0 Å². The number of hydrogen-bond donors (Lipinski definition) is 1. The Bertz CT molecular complexity index is 1160. The maximum atomic E-state index is 13.1. The van der Waals surface area contributed by atoms with Gasteiger partial charge in [-0.05, 0) is 38.3 Å². The van der Waals surface area contributed by atoms with Gasteiger partial charge in [0, 0.05) is 31.5 Å². The van der Waals surface area contributed by atoms with Crippen LogP contribution in [0.3, 0.4) is 0 Å². The van der Waals surface area contributed by atoms with Crippen LogP contribution in [0, 0.1) is 6.92 Å². The number of likely N-dealkylation sites (tertiary alicyclic amines) is 1. The molecule has 2 aromatic heterocycles. The van der Waals surface area contributed by atoms with E-state index >= 15 is 0 Å². The molecule has 3 heterocycles. The number of aryl methyl sites for hydroxylation is 1. The van der Waals surface area contributed by atoms with Crippen molar-refractivity contribution in [2.45, 2.75) is 45.1 Å². The van der Waals surface area contributed by atoms with Crippen LogP contribution in [0.5, 0.6) is 5.75 Å². The molecule has 1 fully saturated rings. The molecular formula is C23H25N5O3. The monoisotopic (exact) mass is 419 g/mol. The van der Waals surface area contributed by atoms with Gasteiger partial charge in [0.05, 0.1) is 23.1 Å². The van der Waals surface area contributed by atoms with Gasteiger partial charge in [-0.25, -0.2) is 9.67 Å². The minimum Gasteiger partial charge on any atom is -0.490 e. The standard InChI is InChI=1S/C23H25N5O3/c1-15-19(14-24-28(15)23-25-20-9-5-8-18(20)21(29)26-23)22(30)27-12-10-17(11-13-27)31-16-6-3-2-4-7-16/h2-4,6-7,14,17H,5,8-13H2,1H3,(H,25,26,29). The molecule has 1 amide bonds. The highest BCUT2D eigenvalue weighted by atomic mass is 16.5. The third-order valence-corrected chi connectivity index (χ3v) is 6.14. The van der Waals surface area contributed by atoms with E-state index in [4.69, 9.17) is 4.74 Å². The molecule has 31 heavy (non-hydrogen) atoms. The van der Waals surface area contributed by atoms with Crippen molar-refractivity contribution in [1.82, 2.24) is 24.6 Å². The predicted molar refractivity (Wildman–Crippen MR) is 115 cm³/mol. The Morgan fingerprint density at radius 2 is 1.94 bits per heavy atom. The number of aromatic amines is 1. The van der Waals surface area contributed by atoms with Gasteiger partial charge in [-0.3, -0.25) is 14.6 Å². The Labute approximate surface area is 179 Å². The number of fused-ring (bicyclic) bond motifs is 1. The lowest BCUT2D eigenvalue weighted by Gasteiger charge is -2.32. The lowest BCUT2D eigenvalue weighted by molar-refractivity contribution is 0.0595. The van der Waals surface area contributed by atoms with Crippen molar-refractivity contribution in [3.63, 3.8) is 0 Å². The number of hydrogen-bond acceptors (Lipinski definition) is 5. The number of piperidine rings is 1. The molecule has 2 aliphatic rings. The van der Waals surface area contributed by atoms with Crippen LogP contribution in [0.2, 0.25) is 0 Å². The molecule has 0 unspecified atom stereocenters. The summed E-state index contributed by atoms with van der Waals surface area (Å²) in [5, 5.41) is 4.35. The van der Waals surface area contributed by atoms with Crippen molar-refractivity contribution in [2.75, 3.05) is 13.1 Å². The summed E-state index contributed by atoms with van der Waals surface area (Å²) in [5.74, 6) is 1.18. The Hall–Kier alpha value is -3.42. The van der Waals surface area contributed by atoms with Gasteiger partial charge in [0.2, 0.25) is 5.95 Å². The first-order valence-electron chi connectivity index (χ1n) is 10.8. The van der Waals surface area contributed by atoms with E-state index in [9.17, 15) is 9.59 Å². The number of benzene rings is 1. The second-order valence-corrected chi connectivity index (χ2v) is 8.15. The van der Waals surface area contributed by atoms with E-state index in [1.54, 1.807) is 10.9 Å². The minimum absolute atomic E-state index is 0.0505. The fourth-order valence-corrected chi connectivity index (χ4v) is 4.40. The summed E-state index contributed by atoms with van der Waals surface area (Å²) in [4.78, 5) is 34.7. The number of ether oxygens (including phenoxy) is 1. The van der Waals surface area contributed by atoms with E-state index in [-0.39, 0.29) is 17.6 Å². The number of nitrogens with one attached hydrogen (secondary N) is 1. The third kappa shape index (κ3) is 3.73. The number of H-pyrrole nitrogens is 1. The third-order valence-electron chi connectivity index (χ3n) is 6.14. The van der Waals surface area contributed by atoms with Crippen molar-refractivity contribution in [3.8, 4) is 11.7 Å². The first-order chi connectivity index (χ1) is 15.1. The first kappa shape index (κ1) is 19.5. The van der Waals surface area contributed by atoms with Crippen molar-refractivity contribution >= 4 is 5.91 Å². The summed E-state index contributed by atoms with van der Waals surface area (Å²) in [6.45, 7) is 3.10. The molecule has 0 bridgehead atoms. The molecule has 1 aromatic carbocycles. The van der Waals surface area contributed by atoms with E-state index in [0.717, 1.165) is 49.1 Å². The minimum atomic E-state index is -0.110. The van der Waals surface area contributed by atoms with Crippen LogP contribution in [-0.2, 0) is 12.8 Å². The molecule has 160 valence electrons. The van der Waals surface area contributed by atoms with Crippen molar-refractivity contribution < 1.29 is 9.53 Å². The van der Waals surface area contributed by atoms with Crippen LogP contribution in [0.1, 0.15) is 46.6 Å². The summed E-state index contributed by atoms with van der Waals surface area (Å²) in [6.07, 6.45) is 5.76. The number of nitrogens with zero attached hydrogens (tertiary/aromatic N) is 4. The largest absolute Gasteiger partial charge is 0.490 e. The van der Waals surface area contributed by atoms with Crippen LogP contribution >= 0.6 is 0 Å². The molecule has 3 aromatic rings. The van der Waals surface area contributed by atoms with Crippen LogP contribution < -0.4 is 10.3 Å². The van der Waals surface area contributed by atoms with E-state index in [2.05, 4.69) is 15.1 Å². The average molecular weight is 419 g/mol. The second-order valence-electron chi connectivity index (χ2n) is 8.15. The van der Waals surface area contributed by atoms with E-state index < -0.39 is 0 Å². The van der Waals surface area contributed by atoms with Gasteiger partial charge in [-0.1, -0.05) is 18.2 Å². The predicted octanol–water partition coefficient (Wildman–Crippen LogP) is 2.44. The zero-order chi connectivity index (χ0) is 21.4. The molecule has 8 heteroatoms. The zero-order valence-corrected chi connectivity index (χ0v) is 17.5. The average Bonchev–Trinajstić information content (AvgIpc) is 3.41. The number of amides is 1. The summed E-state index contributed by atoms with van der Waals surface area (Å²) in [5.41, 5.74) is 2.70. The number of carbonyl (C=O) groups is 1. The second kappa shape index (κ2) is 8.02. The van der Waals surface area contributed by atoms with E-state index in [1.165, 1.54) is 0 Å². The smallest absolute Gasteiger partial charge is 0.257 e. The topological polar surface area (TPSA) is 93.1 Å². The lowest BCUT2D eigenvalue weighted by Crippen LogP contribution is -2.41. The van der Waals surface area contributed by atoms with Gasteiger partial charge >= 0.3 is 0 Å². The molecule has 0 spiro atoms. The highest BCUT2D eigenvalue weighted by Crippen LogP contribution is 2.22. The molecule has 0 radical (unpaired) electrons. The number of aromatic nitrogens is 4. The SMILES string of the molecule is Cc1c(C(=O)N2CCC(Oc3ccccc3)CC2)cnn1-c1nc2c(c(=O)[nH]1)CCC2. The van der Waals surface area contributed by atoms with Crippen molar-refractivity contribution in [3.05, 3.63) is 69.4 Å². The van der Waals surface area contributed by atoms with Gasteiger partial charge in [0.15, 0.2) is 0 Å². The maximum absolute atomic E-state index is 13.1. The van der Waals surface area contributed by atoms with Crippen LogP contribution in [0.4, 0.5) is 0 Å². The number of rotatable bonds is 4. The van der Waals surface area contributed by atoms with Gasteiger partial charge < -0.3 is 9.64 Å². The number of para-hydroxylation sites is 1. The normalized spacial score (nSPS) is 16.4. The molecule has 1 aliphatic heterocycles. The van der Waals surface area contributed by atoms with Crippen LogP contribution in [-0.4, -0.2) is 49.7 Å². The fourth-order valence-electron chi connectivity index (χ4n) is 4.40. The van der Waals surface area contributed by atoms with E-state index in [1.807, 2.05) is 42.2 Å². The summed E-state index contributed by atoms with van der Waals surface area (Å²) in [7, 11) is 0. The molecular weight excluding hydrogens is 394 g/mol. The number of carbonyl (C=O) groups excluding carboxylic acids is 1. The Morgan fingerprint density at radius 1 is 1.16 bits per heavy atom. The first-order valence-corrected chi connectivity index (χ1v) is 10.8. The zero-order valence-electron chi connectivity index (χ0n) is 17.5. The fraction of sp³-hybridized carbons (Fsp3) is 0.391. The van der Waals surface area contributed by atoms with Crippen LogP contribution in [0.15, 0.2) is 41.3 Å². The molecule has 5 rings (SSSR count). The Kier molecular flexibility index (Phi) is 5.05. The summed E-state index contributed by atoms with van der Waals surface area (Å²) < 4.78 is 7.58. The molecule has 0 atom stereocenters. The summed E-state index contributed by atoms with van der Waals surface area (Å²) >= 11 is 0. The Balaban J connectivity index is 1.29. The van der Waals surface area contributed by atoms with Crippen LogP contribution in [0.25, 0.3) is 5.95 Å².